The number of carbonyl (C=O) groups is 1. The smallest absolute Gasteiger partial charge is 0.340 e. The summed E-state index contributed by atoms with van der Waals surface area (Å²) < 4.78 is 15.8. The van der Waals surface area contributed by atoms with Crippen LogP contribution in [0.3, 0.4) is 0 Å². The molecule has 0 radical (unpaired) electrons. The number of esters is 1. The van der Waals surface area contributed by atoms with E-state index in [2.05, 4.69) is 10.7 Å². The highest BCUT2D eigenvalue weighted by Gasteiger charge is 2.19. The van der Waals surface area contributed by atoms with Crippen LogP contribution < -0.4 is 15.2 Å². The fourth-order valence-electron chi connectivity index (χ4n) is 2.22. The minimum Gasteiger partial charge on any atom is -0.497 e. The zero-order valence-corrected chi connectivity index (χ0v) is 12.4. The van der Waals surface area contributed by atoms with E-state index < -0.39 is 5.97 Å². The highest BCUT2D eigenvalue weighted by Crippen LogP contribution is 2.34. The monoisotopic (exact) mass is 291 g/mol. The van der Waals surface area contributed by atoms with Crippen molar-refractivity contribution in [3.63, 3.8) is 0 Å². The number of methoxy groups -OCH3 is 2. The molecule has 0 spiro atoms. The van der Waals surface area contributed by atoms with Gasteiger partial charge in [-0.1, -0.05) is 0 Å². The summed E-state index contributed by atoms with van der Waals surface area (Å²) in [6.07, 6.45) is 1.51. The van der Waals surface area contributed by atoms with Crippen molar-refractivity contribution in [1.82, 2.24) is 4.98 Å². The topological polar surface area (TPSA) is 85.3 Å². The summed E-state index contributed by atoms with van der Waals surface area (Å²) in [4.78, 5) is 16.4. The Kier molecular flexibility index (Phi) is 4.59. The van der Waals surface area contributed by atoms with Crippen molar-refractivity contribution in [2.24, 2.45) is 0 Å². The second-order valence-electron chi connectivity index (χ2n) is 4.34. The zero-order valence-electron chi connectivity index (χ0n) is 12.4. The maximum atomic E-state index is 12.1. The molecule has 1 aromatic heterocycles. The number of quaternary nitrogens is 1. The van der Waals surface area contributed by atoms with Crippen LogP contribution in [0.5, 0.6) is 11.5 Å². The molecular weight excluding hydrogens is 272 g/mol. The quantitative estimate of drug-likeness (QED) is 0.836. The van der Waals surface area contributed by atoms with E-state index in [0.717, 1.165) is 11.1 Å². The molecule has 2 rings (SSSR count). The van der Waals surface area contributed by atoms with E-state index in [1.807, 2.05) is 0 Å². The highest BCUT2D eigenvalue weighted by atomic mass is 16.5. The molecule has 0 unspecified atom stereocenters. The maximum absolute atomic E-state index is 12.1. The Morgan fingerprint density at radius 1 is 1.29 bits per heavy atom. The van der Waals surface area contributed by atoms with Gasteiger partial charge in [0.1, 0.15) is 23.7 Å². The Labute approximate surface area is 122 Å². The third-order valence-electron chi connectivity index (χ3n) is 3.19. The third kappa shape index (κ3) is 2.75. The van der Waals surface area contributed by atoms with Crippen molar-refractivity contribution in [2.75, 3.05) is 20.8 Å². The van der Waals surface area contributed by atoms with Gasteiger partial charge in [0.25, 0.3) is 0 Å². The highest BCUT2D eigenvalue weighted by molar-refractivity contribution is 6.07. The van der Waals surface area contributed by atoms with E-state index in [1.54, 1.807) is 33.3 Å². The van der Waals surface area contributed by atoms with Gasteiger partial charge in [0.05, 0.1) is 31.8 Å². The Morgan fingerprint density at radius 2 is 2.05 bits per heavy atom. The first-order valence-corrected chi connectivity index (χ1v) is 6.66. The first-order valence-electron chi connectivity index (χ1n) is 6.66. The molecule has 0 amide bonds. The third-order valence-corrected chi connectivity index (χ3v) is 3.19. The Hall–Kier alpha value is -2.34. The standard InChI is InChI=1S/C15H18N2O4/c1-4-21-15(18)11-8-17-12(7-16)14-10(11)5-9(19-2)6-13(14)20-3/h5-6,8H,4,7,16H2,1-3H3/p+1. The van der Waals surface area contributed by atoms with Gasteiger partial charge < -0.3 is 19.9 Å². The van der Waals surface area contributed by atoms with Crippen LogP contribution in [-0.2, 0) is 11.3 Å². The van der Waals surface area contributed by atoms with Crippen molar-refractivity contribution in [1.29, 1.82) is 0 Å². The molecule has 0 atom stereocenters. The zero-order chi connectivity index (χ0) is 15.4. The van der Waals surface area contributed by atoms with E-state index in [0.29, 0.717) is 35.6 Å². The number of fused-ring (bicyclic) bond motifs is 1. The largest absolute Gasteiger partial charge is 0.497 e. The molecule has 6 heteroatoms. The molecule has 21 heavy (non-hydrogen) atoms. The van der Waals surface area contributed by atoms with Crippen molar-refractivity contribution in [3.05, 3.63) is 29.6 Å². The van der Waals surface area contributed by atoms with Crippen molar-refractivity contribution in [3.8, 4) is 11.5 Å². The Bertz CT molecular complexity index is 670. The van der Waals surface area contributed by atoms with Crippen molar-refractivity contribution in [2.45, 2.75) is 13.5 Å². The number of ether oxygens (including phenoxy) is 3. The van der Waals surface area contributed by atoms with Gasteiger partial charge in [0, 0.05) is 17.6 Å². The Balaban J connectivity index is 2.80. The van der Waals surface area contributed by atoms with Crippen LogP contribution in [0.25, 0.3) is 10.8 Å². The molecule has 6 nitrogen and oxygen atoms in total. The number of hydrogen-bond acceptors (Lipinski definition) is 5. The molecule has 1 heterocycles. The summed E-state index contributed by atoms with van der Waals surface area (Å²) in [6, 6.07) is 3.54. The fourth-order valence-corrected chi connectivity index (χ4v) is 2.22. The first kappa shape index (κ1) is 15.1. The molecule has 0 saturated heterocycles. The number of aromatic nitrogens is 1. The minimum atomic E-state index is -0.416. The van der Waals surface area contributed by atoms with E-state index in [9.17, 15) is 4.79 Å². The van der Waals surface area contributed by atoms with Gasteiger partial charge in [-0.3, -0.25) is 4.98 Å². The summed E-state index contributed by atoms with van der Waals surface area (Å²) in [7, 11) is 3.13. The van der Waals surface area contributed by atoms with Gasteiger partial charge in [-0.05, 0) is 13.0 Å². The minimum absolute atomic E-state index is 0.304. The molecule has 112 valence electrons. The molecule has 2 aromatic rings. The summed E-state index contributed by atoms with van der Waals surface area (Å²) in [5.74, 6) is 0.786. The van der Waals surface area contributed by atoms with Crippen LogP contribution >= 0.6 is 0 Å². The van der Waals surface area contributed by atoms with Gasteiger partial charge in [-0.25, -0.2) is 4.79 Å². The Morgan fingerprint density at radius 3 is 2.62 bits per heavy atom. The number of pyridine rings is 1. The summed E-state index contributed by atoms with van der Waals surface area (Å²) in [5.41, 5.74) is 5.02. The molecule has 0 bridgehead atoms. The second-order valence-corrected chi connectivity index (χ2v) is 4.34. The lowest BCUT2D eigenvalue weighted by atomic mass is 10.0. The van der Waals surface area contributed by atoms with Crippen LogP contribution in [0, 0.1) is 0 Å². The van der Waals surface area contributed by atoms with E-state index in [4.69, 9.17) is 14.2 Å². The van der Waals surface area contributed by atoms with Crippen LogP contribution in [0.2, 0.25) is 0 Å². The van der Waals surface area contributed by atoms with E-state index in [1.165, 1.54) is 6.20 Å². The molecule has 0 aliphatic heterocycles. The van der Waals surface area contributed by atoms with Gasteiger partial charge in [0.2, 0.25) is 0 Å². The number of hydrogen-bond donors (Lipinski definition) is 1. The SMILES string of the molecule is CCOC(=O)c1cnc(C[NH3+])c2c(OC)cc(OC)cc12. The molecule has 0 fully saturated rings. The molecule has 0 aliphatic rings. The van der Waals surface area contributed by atoms with Crippen molar-refractivity contribution >= 4 is 16.7 Å². The predicted octanol–water partition coefficient (Wildman–Crippen LogP) is 1.17. The molecule has 0 saturated carbocycles. The molecular formula is C15H19N2O4+. The maximum Gasteiger partial charge on any atom is 0.340 e. The van der Waals surface area contributed by atoms with Gasteiger partial charge in [0.15, 0.2) is 0 Å². The first-order chi connectivity index (χ1) is 10.2. The number of carbonyl (C=O) groups excluding carboxylic acids is 1. The van der Waals surface area contributed by atoms with Crippen molar-refractivity contribution < 1.29 is 24.7 Å². The number of benzene rings is 1. The van der Waals surface area contributed by atoms with Gasteiger partial charge in [-0.15, -0.1) is 0 Å². The lowest BCUT2D eigenvalue weighted by Crippen LogP contribution is -2.48. The van der Waals surface area contributed by atoms with Crippen LogP contribution in [0.4, 0.5) is 0 Å². The summed E-state index contributed by atoms with van der Waals surface area (Å²) in [5, 5.41) is 1.46. The second kappa shape index (κ2) is 6.41. The summed E-state index contributed by atoms with van der Waals surface area (Å²) >= 11 is 0. The predicted molar refractivity (Wildman–Crippen MR) is 77.4 cm³/mol. The number of rotatable bonds is 5. The van der Waals surface area contributed by atoms with Crippen LogP contribution in [0.15, 0.2) is 18.3 Å². The molecule has 0 aliphatic carbocycles. The van der Waals surface area contributed by atoms with Gasteiger partial charge >= 0.3 is 5.97 Å². The fraction of sp³-hybridized carbons (Fsp3) is 0.333. The molecule has 1 aromatic carbocycles. The molecule has 3 N–H and O–H groups in total. The number of nitrogens with zero attached hydrogens (tertiary/aromatic N) is 1. The normalized spacial score (nSPS) is 10.5. The average molecular weight is 291 g/mol. The van der Waals surface area contributed by atoms with E-state index >= 15 is 0 Å². The lowest BCUT2D eigenvalue weighted by Gasteiger charge is -2.13. The van der Waals surface area contributed by atoms with Gasteiger partial charge in [-0.2, -0.15) is 0 Å². The lowest BCUT2D eigenvalue weighted by molar-refractivity contribution is -0.387. The van der Waals surface area contributed by atoms with E-state index in [-0.39, 0.29) is 0 Å². The van der Waals surface area contributed by atoms with Crippen LogP contribution in [-0.4, -0.2) is 31.8 Å². The average Bonchev–Trinajstić information content (AvgIpc) is 2.52. The summed E-state index contributed by atoms with van der Waals surface area (Å²) in [6.45, 7) is 2.56. The van der Waals surface area contributed by atoms with Crippen LogP contribution in [0.1, 0.15) is 23.0 Å².